The lowest BCUT2D eigenvalue weighted by atomic mass is 10.1. The fourth-order valence-corrected chi connectivity index (χ4v) is 3.58. The average molecular weight is 453 g/mol. The summed E-state index contributed by atoms with van der Waals surface area (Å²) in [5.74, 6) is -0.168. The van der Waals surface area contributed by atoms with Crippen molar-refractivity contribution in [3.8, 4) is 5.75 Å². The molecule has 3 aromatic carbocycles. The number of rotatable bonds is 5. The van der Waals surface area contributed by atoms with Crippen molar-refractivity contribution in [2.45, 2.75) is 6.54 Å². The van der Waals surface area contributed by atoms with Gasteiger partial charge in [-0.25, -0.2) is 0 Å². The molecule has 3 aromatic rings. The predicted molar refractivity (Wildman–Crippen MR) is 122 cm³/mol. The average Bonchev–Trinajstić information content (AvgIpc) is 2.77. The third kappa shape index (κ3) is 4.74. The van der Waals surface area contributed by atoms with Crippen LogP contribution < -0.4 is 15.0 Å². The van der Waals surface area contributed by atoms with Crippen LogP contribution in [0.1, 0.15) is 11.1 Å². The Morgan fingerprint density at radius 1 is 0.935 bits per heavy atom. The summed E-state index contributed by atoms with van der Waals surface area (Å²) < 4.78 is 5.82. The van der Waals surface area contributed by atoms with E-state index in [1.807, 2.05) is 24.3 Å². The number of carbonyl (C=O) groups is 2. The van der Waals surface area contributed by atoms with Gasteiger partial charge in [-0.1, -0.05) is 71.7 Å². The van der Waals surface area contributed by atoms with Crippen molar-refractivity contribution in [2.24, 2.45) is 0 Å². The molecule has 5 nitrogen and oxygen atoms in total. The summed E-state index contributed by atoms with van der Waals surface area (Å²) in [5, 5.41) is 3.88. The van der Waals surface area contributed by atoms with Crippen LogP contribution in [0.2, 0.25) is 10.0 Å². The van der Waals surface area contributed by atoms with Crippen molar-refractivity contribution in [3.05, 3.63) is 99.7 Å². The summed E-state index contributed by atoms with van der Waals surface area (Å²) in [5.41, 5.74) is 1.97. The van der Waals surface area contributed by atoms with Gasteiger partial charge < -0.3 is 10.1 Å². The van der Waals surface area contributed by atoms with Crippen LogP contribution in [0.5, 0.6) is 5.75 Å². The first-order chi connectivity index (χ1) is 15.0. The van der Waals surface area contributed by atoms with E-state index < -0.39 is 5.91 Å². The van der Waals surface area contributed by atoms with Crippen molar-refractivity contribution in [1.82, 2.24) is 5.32 Å². The topological polar surface area (TPSA) is 58.6 Å². The molecule has 1 heterocycles. The first-order valence-electron chi connectivity index (χ1n) is 9.58. The molecular formula is C24H18Cl2N2O3. The van der Waals surface area contributed by atoms with Crippen LogP contribution in [0.25, 0.3) is 6.08 Å². The molecule has 0 radical (unpaired) electrons. The number of amides is 2. The van der Waals surface area contributed by atoms with Crippen LogP contribution in [0, 0.1) is 0 Å². The van der Waals surface area contributed by atoms with Gasteiger partial charge in [-0.2, -0.15) is 0 Å². The highest BCUT2D eigenvalue weighted by molar-refractivity contribution is 6.32. The number of para-hydroxylation sites is 2. The Hall–Kier alpha value is -3.28. The molecule has 0 saturated carbocycles. The van der Waals surface area contributed by atoms with Crippen LogP contribution in [-0.4, -0.2) is 18.4 Å². The minimum Gasteiger partial charge on any atom is -0.449 e. The molecule has 1 aliphatic rings. The van der Waals surface area contributed by atoms with E-state index in [9.17, 15) is 9.59 Å². The first kappa shape index (κ1) is 21.0. The van der Waals surface area contributed by atoms with Crippen LogP contribution in [0.4, 0.5) is 5.69 Å². The molecule has 7 heteroatoms. The summed E-state index contributed by atoms with van der Waals surface area (Å²) in [6, 6.07) is 21.5. The molecule has 0 aliphatic carbocycles. The highest BCUT2D eigenvalue weighted by Gasteiger charge is 2.31. The minimum absolute atomic E-state index is 0.0886. The van der Waals surface area contributed by atoms with E-state index in [1.165, 1.54) is 4.90 Å². The van der Waals surface area contributed by atoms with Gasteiger partial charge in [0.25, 0.3) is 5.91 Å². The normalized spacial score (nSPS) is 14.2. The lowest BCUT2D eigenvalue weighted by Crippen LogP contribution is -2.44. The van der Waals surface area contributed by atoms with Crippen LogP contribution in [-0.2, 0) is 16.1 Å². The summed E-state index contributed by atoms with van der Waals surface area (Å²) in [6.45, 7) is 0.102. The van der Waals surface area contributed by atoms with Crippen molar-refractivity contribution in [1.29, 1.82) is 0 Å². The Balaban J connectivity index is 1.57. The lowest BCUT2D eigenvalue weighted by molar-refractivity contribution is -0.123. The van der Waals surface area contributed by atoms with E-state index in [-0.39, 0.29) is 24.8 Å². The van der Waals surface area contributed by atoms with Crippen LogP contribution >= 0.6 is 23.2 Å². The van der Waals surface area contributed by atoms with Gasteiger partial charge in [0.1, 0.15) is 6.54 Å². The largest absolute Gasteiger partial charge is 0.449 e. The maximum Gasteiger partial charge on any atom is 0.294 e. The second-order valence-corrected chi connectivity index (χ2v) is 7.67. The zero-order valence-corrected chi connectivity index (χ0v) is 17.9. The van der Waals surface area contributed by atoms with Crippen LogP contribution in [0.15, 0.2) is 78.6 Å². The van der Waals surface area contributed by atoms with Gasteiger partial charge in [0.05, 0.1) is 5.69 Å². The van der Waals surface area contributed by atoms with E-state index in [4.69, 9.17) is 27.9 Å². The summed E-state index contributed by atoms with van der Waals surface area (Å²) in [6.07, 6.45) is 1.58. The standard InChI is InChI=1S/C24H18Cl2N2O3/c25-18-9-3-1-7-16(18)13-22-24(30)28(20-11-5-6-12-21(20)31-22)15-23(29)27-14-17-8-2-4-10-19(17)26/h1-13H,14-15H2,(H,27,29). The second-order valence-electron chi connectivity index (χ2n) is 6.86. The monoisotopic (exact) mass is 452 g/mol. The number of nitrogens with zero attached hydrogens (tertiary/aromatic N) is 1. The molecule has 4 rings (SSSR count). The van der Waals surface area contributed by atoms with Gasteiger partial charge in [0, 0.05) is 16.6 Å². The molecule has 156 valence electrons. The smallest absolute Gasteiger partial charge is 0.294 e. The maximum atomic E-state index is 13.2. The van der Waals surface area contributed by atoms with E-state index >= 15 is 0 Å². The number of hydrogen-bond acceptors (Lipinski definition) is 3. The number of anilines is 1. The number of benzene rings is 3. The quantitative estimate of drug-likeness (QED) is 0.549. The van der Waals surface area contributed by atoms with Crippen molar-refractivity contribution >= 4 is 46.8 Å². The highest BCUT2D eigenvalue weighted by atomic mass is 35.5. The number of carbonyl (C=O) groups excluding carboxylic acids is 2. The summed E-state index contributed by atoms with van der Waals surface area (Å²) >= 11 is 12.4. The van der Waals surface area contributed by atoms with E-state index in [1.54, 1.807) is 54.6 Å². The number of ether oxygens (including phenoxy) is 1. The minimum atomic E-state index is -0.425. The molecular weight excluding hydrogens is 435 g/mol. The van der Waals surface area contributed by atoms with Gasteiger partial charge in [0.15, 0.2) is 11.5 Å². The molecule has 0 aromatic heterocycles. The van der Waals surface area contributed by atoms with Crippen molar-refractivity contribution in [3.63, 3.8) is 0 Å². The van der Waals surface area contributed by atoms with Crippen LogP contribution in [0.3, 0.4) is 0 Å². The number of halogens is 2. The number of hydrogen-bond donors (Lipinski definition) is 1. The predicted octanol–water partition coefficient (Wildman–Crippen LogP) is 5.08. The molecule has 2 amide bonds. The molecule has 1 N–H and O–H groups in total. The molecule has 0 unspecified atom stereocenters. The molecule has 31 heavy (non-hydrogen) atoms. The third-order valence-corrected chi connectivity index (χ3v) is 5.47. The molecule has 1 aliphatic heterocycles. The Bertz CT molecular complexity index is 1180. The lowest BCUT2D eigenvalue weighted by Gasteiger charge is -2.30. The highest BCUT2D eigenvalue weighted by Crippen LogP contribution is 2.35. The van der Waals surface area contributed by atoms with Crippen molar-refractivity contribution < 1.29 is 14.3 Å². The fourth-order valence-electron chi connectivity index (χ4n) is 3.19. The van der Waals surface area contributed by atoms with Gasteiger partial charge >= 0.3 is 0 Å². The third-order valence-electron chi connectivity index (χ3n) is 4.76. The Labute approximate surface area is 189 Å². The number of nitrogens with one attached hydrogen (secondary N) is 1. The van der Waals surface area contributed by atoms with Gasteiger partial charge in [-0.3, -0.25) is 14.5 Å². The molecule has 0 bridgehead atoms. The molecule has 0 fully saturated rings. The van der Waals surface area contributed by atoms with E-state index in [0.29, 0.717) is 27.0 Å². The molecule has 0 saturated heterocycles. The van der Waals surface area contributed by atoms with E-state index in [2.05, 4.69) is 5.32 Å². The summed E-state index contributed by atoms with van der Waals surface area (Å²) in [7, 11) is 0. The zero-order valence-electron chi connectivity index (χ0n) is 16.3. The summed E-state index contributed by atoms with van der Waals surface area (Å²) in [4.78, 5) is 27.2. The number of fused-ring (bicyclic) bond motifs is 1. The maximum absolute atomic E-state index is 13.2. The molecule has 0 atom stereocenters. The second kappa shape index (κ2) is 9.25. The molecule has 0 spiro atoms. The zero-order chi connectivity index (χ0) is 21.8. The fraction of sp³-hybridized carbons (Fsp3) is 0.0833. The van der Waals surface area contributed by atoms with E-state index in [0.717, 1.165) is 5.56 Å². The first-order valence-corrected chi connectivity index (χ1v) is 10.3. The Morgan fingerprint density at radius 3 is 2.39 bits per heavy atom. The SMILES string of the molecule is O=C(CN1C(=O)C(=Cc2ccccc2Cl)Oc2ccccc21)NCc1ccccc1Cl. The van der Waals surface area contributed by atoms with Crippen molar-refractivity contribution in [2.75, 3.05) is 11.4 Å². The Kier molecular flexibility index (Phi) is 6.26. The van der Waals surface area contributed by atoms with Gasteiger partial charge in [0.2, 0.25) is 5.91 Å². The Morgan fingerprint density at radius 2 is 1.61 bits per heavy atom. The van der Waals surface area contributed by atoms with Gasteiger partial charge in [-0.05, 0) is 41.5 Å². The van der Waals surface area contributed by atoms with Gasteiger partial charge in [-0.15, -0.1) is 0 Å².